The molecule has 0 fully saturated rings. The number of hydrogen-bond acceptors (Lipinski definition) is 5. The Morgan fingerprint density at radius 2 is 1.66 bits per heavy atom. The second-order valence-electron chi connectivity index (χ2n) is 7.94. The third kappa shape index (κ3) is 6.26. The van der Waals surface area contributed by atoms with Gasteiger partial charge in [-0.15, -0.1) is 0 Å². The van der Waals surface area contributed by atoms with E-state index in [-0.39, 0.29) is 22.4 Å². The first-order chi connectivity index (χ1) is 16.7. The molecule has 0 aliphatic carbocycles. The van der Waals surface area contributed by atoms with Gasteiger partial charge >= 0.3 is 0 Å². The summed E-state index contributed by atoms with van der Waals surface area (Å²) in [6, 6.07) is 18.1. The summed E-state index contributed by atoms with van der Waals surface area (Å²) < 4.78 is 39.0. The molecule has 1 amide bonds. The van der Waals surface area contributed by atoms with E-state index in [1.807, 2.05) is 38.1 Å². The van der Waals surface area contributed by atoms with Crippen molar-refractivity contribution in [3.05, 3.63) is 82.9 Å². The number of aryl methyl sites for hydroxylation is 1. The van der Waals surface area contributed by atoms with E-state index in [1.165, 1.54) is 25.3 Å². The SMILES string of the molecule is CC[C@@H](NC(=O)CN(c1cc(Cl)ccc1OC)S(=O)(=O)c1ccc(C)cc1)c1ccc(OC)cc1. The van der Waals surface area contributed by atoms with Crippen molar-refractivity contribution in [2.75, 3.05) is 25.1 Å². The predicted octanol–water partition coefficient (Wildman–Crippen LogP) is 5.13. The fourth-order valence-electron chi connectivity index (χ4n) is 3.62. The number of halogens is 1. The molecule has 0 bridgehead atoms. The van der Waals surface area contributed by atoms with Crippen molar-refractivity contribution in [3.63, 3.8) is 0 Å². The molecule has 0 aliphatic rings. The number of rotatable bonds is 10. The van der Waals surface area contributed by atoms with E-state index in [1.54, 1.807) is 31.4 Å². The summed E-state index contributed by atoms with van der Waals surface area (Å²) in [5.41, 5.74) is 1.97. The van der Waals surface area contributed by atoms with Crippen LogP contribution in [0.1, 0.15) is 30.5 Å². The highest BCUT2D eigenvalue weighted by molar-refractivity contribution is 7.92. The number of nitrogens with one attached hydrogen (secondary N) is 1. The Morgan fingerprint density at radius 3 is 2.23 bits per heavy atom. The molecular formula is C26H29ClN2O5S. The fourth-order valence-corrected chi connectivity index (χ4v) is 5.21. The molecule has 35 heavy (non-hydrogen) atoms. The van der Waals surface area contributed by atoms with Crippen LogP contribution in [0.15, 0.2) is 71.6 Å². The minimum absolute atomic E-state index is 0.0557. The lowest BCUT2D eigenvalue weighted by molar-refractivity contribution is -0.120. The van der Waals surface area contributed by atoms with Crippen LogP contribution in [0.25, 0.3) is 0 Å². The molecule has 9 heteroatoms. The minimum atomic E-state index is -4.11. The van der Waals surface area contributed by atoms with Gasteiger partial charge < -0.3 is 14.8 Å². The van der Waals surface area contributed by atoms with E-state index in [0.29, 0.717) is 17.2 Å². The Labute approximate surface area is 211 Å². The van der Waals surface area contributed by atoms with Crippen LogP contribution >= 0.6 is 11.6 Å². The molecule has 0 aliphatic heterocycles. The molecule has 3 aromatic rings. The quantitative estimate of drug-likeness (QED) is 0.404. The highest BCUT2D eigenvalue weighted by atomic mass is 35.5. The summed E-state index contributed by atoms with van der Waals surface area (Å²) in [5.74, 6) is 0.517. The van der Waals surface area contributed by atoms with Gasteiger partial charge in [-0.1, -0.05) is 48.4 Å². The number of nitrogens with zero attached hydrogens (tertiary/aromatic N) is 1. The summed E-state index contributed by atoms with van der Waals surface area (Å²) in [4.78, 5) is 13.2. The third-order valence-corrected chi connectivity index (χ3v) is 7.58. The lowest BCUT2D eigenvalue weighted by Gasteiger charge is -2.27. The zero-order valence-corrected chi connectivity index (χ0v) is 21.7. The molecule has 0 aromatic heterocycles. The molecule has 1 N–H and O–H groups in total. The van der Waals surface area contributed by atoms with Crippen LogP contribution in [0.2, 0.25) is 5.02 Å². The summed E-state index contributed by atoms with van der Waals surface area (Å²) in [6.07, 6.45) is 0.614. The van der Waals surface area contributed by atoms with E-state index >= 15 is 0 Å². The van der Waals surface area contributed by atoms with Gasteiger partial charge in [0.2, 0.25) is 5.91 Å². The number of ether oxygens (including phenoxy) is 2. The first-order valence-corrected chi connectivity index (χ1v) is 12.9. The molecule has 0 saturated heterocycles. The predicted molar refractivity (Wildman–Crippen MR) is 138 cm³/mol. The standard InChI is InChI=1S/C26H29ClN2O5S/c1-5-23(19-8-11-21(33-3)12-9-19)28-26(30)17-29(24-16-20(27)10-15-25(24)34-4)35(31,32)22-13-6-18(2)7-14-22/h6-16,23H,5,17H2,1-4H3,(H,28,30)/t23-/m1/s1. The van der Waals surface area contributed by atoms with Gasteiger partial charge in [0, 0.05) is 5.02 Å². The zero-order valence-electron chi connectivity index (χ0n) is 20.1. The van der Waals surface area contributed by atoms with Crippen LogP contribution in [0.4, 0.5) is 5.69 Å². The second kappa shape index (κ2) is 11.5. The van der Waals surface area contributed by atoms with Crippen LogP contribution in [0, 0.1) is 6.92 Å². The maximum Gasteiger partial charge on any atom is 0.264 e. The maximum atomic E-state index is 13.7. The topological polar surface area (TPSA) is 84.9 Å². The van der Waals surface area contributed by atoms with Crippen molar-refractivity contribution in [1.29, 1.82) is 0 Å². The average Bonchev–Trinajstić information content (AvgIpc) is 2.86. The van der Waals surface area contributed by atoms with Crippen LogP contribution < -0.4 is 19.1 Å². The fraction of sp³-hybridized carbons (Fsp3) is 0.269. The highest BCUT2D eigenvalue weighted by Gasteiger charge is 2.30. The molecule has 186 valence electrons. The monoisotopic (exact) mass is 516 g/mol. The van der Waals surface area contributed by atoms with E-state index in [0.717, 1.165) is 15.4 Å². The van der Waals surface area contributed by atoms with Crippen molar-refractivity contribution >= 4 is 33.2 Å². The molecule has 3 aromatic carbocycles. The number of carbonyl (C=O) groups is 1. The van der Waals surface area contributed by atoms with Crippen LogP contribution in [0.3, 0.4) is 0 Å². The van der Waals surface area contributed by atoms with Crippen molar-refractivity contribution < 1.29 is 22.7 Å². The Morgan fingerprint density at radius 1 is 1.00 bits per heavy atom. The van der Waals surface area contributed by atoms with Gasteiger partial charge in [0.15, 0.2) is 0 Å². The first kappa shape index (κ1) is 26.4. The van der Waals surface area contributed by atoms with E-state index in [9.17, 15) is 13.2 Å². The average molecular weight is 517 g/mol. The van der Waals surface area contributed by atoms with Crippen molar-refractivity contribution in [1.82, 2.24) is 5.32 Å². The number of benzene rings is 3. The van der Waals surface area contributed by atoms with Crippen LogP contribution in [0.5, 0.6) is 11.5 Å². The number of anilines is 1. The molecule has 1 atom stereocenters. The molecule has 0 radical (unpaired) electrons. The van der Waals surface area contributed by atoms with Gasteiger partial charge in [0.25, 0.3) is 10.0 Å². The third-order valence-electron chi connectivity index (χ3n) is 5.57. The Hall–Kier alpha value is -3.23. The molecule has 0 spiro atoms. The Kier molecular flexibility index (Phi) is 8.64. The van der Waals surface area contributed by atoms with Gasteiger partial charge in [-0.3, -0.25) is 9.10 Å². The molecule has 0 heterocycles. The van der Waals surface area contributed by atoms with Gasteiger partial charge in [0.1, 0.15) is 18.0 Å². The molecule has 0 unspecified atom stereocenters. The van der Waals surface area contributed by atoms with Crippen LogP contribution in [-0.2, 0) is 14.8 Å². The highest BCUT2D eigenvalue weighted by Crippen LogP contribution is 2.35. The Balaban J connectivity index is 1.97. The largest absolute Gasteiger partial charge is 0.497 e. The number of methoxy groups -OCH3 is 2. The number of sulfonamides is 1. The number of carbonyl (C=O) groups excluding carboxylic acids is 1. The smallest absolute Gasteiger partial charge is 0.264 e. The van der Waals surface area contributed by atoms with Crippen molar-refractivity contribution in [3.8, 4) is 11.5 Å². The first-order valence-electron chi connectivity index (χ1n) is 11.1. The maximum absolute atomic E-state index is 13.7. The molecule has 7 nitrogen and oxygen atoms in total. The van der Waals surface area contributed by atoms with Crippen LogP contribution in [-0.4, -0.2) is 35.1 Å². The van der Waals surface area contributed by atoms with Gasteiger partial charge in [0.05, 0.1) is 30.8 Å². The number of amides is 1. The summed E-state index contributed by atoms with van der Waals surface area (Å²) in [7, 11) is -1.10. The van der Waals surface area contributed by atoms with Crippen molar-refractivity contribution in [2.45, 2.75) is 31.2 Å². The van der Waals surface area contributed by atoms with Gasteiger partial charge in [-0.2, -0.15) is 0 Å². The van der Waals surface area contributed by atoms with E-state index in [2.05, 4.69) is 5.32 Å². The summed E-state index contributed by atoms with van der Waals surface area (Å²) in [5, 5.41) is 3.26. The molecule has 3 rings (SSSR count). The zero-order chi connectivity index (χ0) is 25.6. The van der Waals surface area contributed by atoms with E-state index < -0.39 is 22.5 Å². The van der Waals surface area contributed by atoms with Crippen molar-refractivity contribution in [2.24, 2.45) is 0 Å². The number of hydrogen-bond donors (Lipinski definition) is 1. The normalized spacial score (nSPS) is 12.0. The lowest BCUT2D eigenvalue weighted by Crippen LogP contribution is -2.42. The molecular weight excluding hydrogens is 488 g/mol. The summed E-state index contributed by atoms with van der Waals surface area (Å²) in [6.45, 7) is 3.35. The van der Waals surface area contributed by atoms with E-state index in [4.69, 9.17) is 21.1 Å². The Bertz CT molecular complexity index is 1260. The molecule has 0 saturated carbocycles. The second-order valence-corrected chi connectivity index (χ2v) is 10.2. The minimum Gasteiger partial charge on any atom is -0.497 e. The van der Waals surface area contributed by atoms with Gasteiger partial charge in [-0.25, -0.2) is 8.42 Å². The lowest BCUT2D eigenvalue weighted by atomic mass is 10.0. The summed E-state index contributed by atoms with van der Waals surface area (Å²) >= 11 is 6.19. The van der Waals surface area contributed by atoms with Gasteiger partial charge in [-0.05, 0) is 61.4 Å².